The van der Waals surface area contributed by atoms with Crippen molar-refractivity contribution in [1.29, 1.82) is 0 Å². The summed E-state index contributed by atoms with van der Waals surface area (Å²) >= 11 is 0. The van der Waals surface area contributed by atoms with E-state index in [0.717, 1.165) is 5.56 Å². The van der Waals surface area contributed by atoms with Crippen molar-refractivity contribution in [2.45, 2.75) is 6.61 Å². The van der Waals surface area contributed by atoms with E-state index in [1.165, 1.54) is 0 Å². The number of rotatable bonds is 3. The summed E-state index contributed by atoms with van der Waals surface area (Å²) in [5.74, 6) is 2.42. The second kappa shape index (κ2) is 7.01. The van der Waals surface area contributed by atoms with Crippen LogP contribution in [0.2, 0.25) is 0 Å². The Morgan fingerprint density at radius 2 is 1.92 bits per heavy atom. The summed E-state index contributed by atoms with van der Waals surface area (Å²) in [6, 6.07) is 9.96. The first kappa shape index (κ1) is 11.3. The van der Waals surface area contributed by atoms with Crippen LogP contribution in [0, 0.1) is 12.3 Å². The first-order chi connectivity index (χ1) is 5.43. The Kier molecular flexibility index (Phi) is 6.62. The summed E-state index contributed by atoms with van der Waals surface area (Å²) in [7, 11) is 0. The van der Waals surface area contributed by atoms with Crippen molar-refractivity contribution >= 4 is 18.9 Å². The van der Waals surface area contributed by atoms with E-state index in [-0.39, 0.29) is 18.9 Å². The predicted molar refractivity (Wildman–Crippen MR) is 52.1 cm³/mol. The summed E-state index contributed by atoms with van der Waals surface area (Å²) in [5.41, 5.74) is 1.16. The first-order valence-corrected chi connectivity index (χ1v) is 3.48. The van der Waals surface area contributed by atoms with Gasteiger partial charge in [-0.2, -0.15) is 0 Å². The summed E-state index contributed by atoms with van der Waals surface area (Å²) in [4.78, 5) is 0. The molecule has 0 fully saturated rings. The Hall–Kier alpha value is -0.663. The number of terminal acetylenes is 1. The van der Waals surface area contributed by atoms with Gasteiger partial charge in [-0.05, 0) is 5.56 Å². The molecule has 0 aliphatic rings. The molecule has 1 nitrogen and oxygen atoms in total. The molecule has 0 aromatic heterocycles. The molecular weight excluding hydrogens is 143 g/mol. The Bertz CT molecular complexity index is 238. The van der Waals surface area contributed by atoms with Gasteiger partial charge in [-0.25, -0.2) is 0 Å². The molecule has 0 aliphatic heterocycles. The van der Waals surface area contributed by atoms with E-state index in [9.17, 15) is 0 Å². The fourth-order valence-electron chi connectivity index (χ4n) is 0.802. The van der Waals surface area contributed by atoms with Crippen LogP contribution in [-0.4, -0.2) is 25.5 Å². The van der Waals surface area contributed by atoms with Crippen LogP contribution < -0.4 is 0 Å². The predicted octanol–water partition coefficient (Wildman–Crippen LogP) is 1.19. The van der Waals surface area contributed by atoms with E-state index >= 15 is 0 Å². The third-order valence-electron chi connectivity index (χ3n) is 1.30. The normalized spacial score (nSPS) is 8.25. The van der Waals surface area contributed by atoms with Gasteiger partial charge < -0.3 is 4.74 Å². The summed E-state index contributed by atoms with van der Waals surface area (Å²) < 4.78 is 5.13. The van der Waals surface area contributed by atoms with Crippen LogP contribution in [0.1, 0.15) is 5.56 Å². The topological polar surface area (TPSA) is 9.23 Å². The van der Waals surface area contributed by atoms with Crippen molar-refractivity contribution in [2.24, 2.45) is 0 Å². The Morgan fingerprint density at radius 3 is 2.50 bits per heavy atom. The standard InChI is InChI=1S/C10H10O.Li.H/c1-2-8-11-9-10-6-4-3-5-7-10;;/h1,3-7H,8-9H2;;. The zero-order valence-electron chi connectivity index (χ0n) is 6.29. The van der Waals surface area contributed by atoms with Gasteiger partial charge in [0.1, 0.15) is 6.61 Å². The molecule has 0 atom stereocenters. The SMILES string of the molecule is C#CCOCc1ccccc1.[LiH]. The zero-order chi connectivity index (χ0) is 7.94. The summed E-state index contributed by atoms with van der Waals surface area (Å²) in [6.07, 6.45) is 5.02. The van der Waals surface area contributed by atoms with Gasteiger partial charge >= 0.3 is 18.9 Å². The fourth-order valence-corrected chi connectivity index (χ4v) is 0.802. The first-order valence-electron chi connectivity index (χ1n) is 3.48. The molecular formula is C10H11LiO. The van der Waals surface area contributed by atoms with Crippen LogP contribution in [0.15, 0.2) is 30.3 Å². The minimum absolute atomic E-state index is 0. The quantitative estimate of drug-likeness (QED) is 0.361. The van der Waals surface area contributed by atoms with E-state index < -0.39 is 0 Å². The van der Waals surface area contributed by atoms with Crippen LogP contribution >= 0.6 is 0 Å². The Balaban J connectivity index is 0.00000121. The molecule has 2 heteroatoms. The molecule has 0 N–H and O–H groups in total. The molecule has 1 aromatic rings. The molecule has 0 bridgehead atoms. The van der Waals surface area contributed by atoms with E-state index in [1.54, 1.807) is 0 Å². The average Bonchev–Trinajstić information content (AvgIpc) is 2.07. The van der Waals surface area contributed by atoms with Gasteiger partial charge in [0.05, 0.1) is 6.61 Å². The van der Waals surface area contributed by atoms with E-state index in [0.29, 0.717) is 13.2 Å². The molecule has 0 radical (unpaired) electrons. The molecule has 0 aliphatic carbocycles. The number of hydrogen-bond acceptors (Lipinski definition) is 1. The van der Waals surface area contributed by atoms with Gasteiger partial charge in [-0.1, -0.05) is 36.3 Å². The number of benzene rings is 1. The average molecular weight is 154 g/mol. The molecule has 0 saturated heterocycles. The molecule has 0 unspecified atom stereocenters. The molecule has 0 amide bonds. The summed E-state index contributed by atoms with van der Waals surface area (Å²) in [6.45, 7) is 0.986. The maximum absolute atomic E-state index is 5.13. The molecule has 0 spiro atoms. The monoisotopic (exact) mass is 154 g/mol. The van der Waals surface area contributed by atoms with Crippen LogP contribution in [0.4, 0.5) is 0 Å². The summed E-state index contributed by atoms with van der Waals surface area (Å²) in [5, 5.41) is 0. The van der Waals surface area contributed by atoms with Crippen LogP contribution in [0.25, 0.3) is 0 Å². The van der Waals surface area contributed by atoms with Crippen LogP contribution in [-0.2, 0) is 11.3 Å². The molecule has 58 valence electrons. The zero-order valence-corrected chi connectivity index (χ0v) is 6.29. The molecule has 0 heterocycles. The van der Waals surface area contributed by atoms with Crippen LogP contribution in [0.5, 0.6) is 0 Å². The van der Waals surface area contributed by atoms with E-state index in [1.807, 2.05) is 30.3 Å². The number of hydrogen-bond donors (Lipinski definition) is 0. The second-order valence-electron chi connectivity index (χ2n) is 2.18. The van der Waals surface area contributed by atoms with Crippen LogP contribution in [0.3, 0.4) is 0 Å². The molecule has 12 heavy (non-hydrogen) atoms. The van der Waals surface area contributed by atoms with Gasteiger partial charge in [-0.3, -0.25) is 0 Å². The maximum atomic E-state index is 5.13. The second-order valence-corrected chi connectivity index (χ2v) is 2.18. The van der Waals surface area contributed by atoms with Crippen molar-refractivity contribution < 1.29 is 4.74 Å². The van der Waals surface area contributed by atoms with Crippen molar-refractivity contribution in [3.63, 3.8) is 0 Å². The van der Waals surface area contributed by atoms with Crippen molar-refractivity contribution in [3.05, 3.63) is 35.9 Å². The van der Waals surface area contributed by atoms with Crippen molar-refractivity contribution in [2.75, 3.05) is 6.61 Å². The van der Waals surface area contributed by atoms with Gasteiger partial charge in [0, 0.05) is 0 Å². The molecule has 1 aromatic carbocycles. The van der Waals surface area contributed by atoms with E-state index in [2.05, 4.69) is 5.92 Å². The van der Waals surface area contributed by atoms with Crippen molar-refractivity contribution in [1.82, 2.24) is 0 Å². The minimum atomic E-state index is 0. The molecule has 0 saturated carbocycles. The third kappa shape index (κ3) is 4.26. The van der Waals surface area contributed by atoms with Gasteiger partial charge in [-0.15, -0.1) is 6.42 Å². The third-order valence-corrected chi connectivity index (χ3v) is 1.30. The van der Waals surface area contributed by atoms with Crippen molar-refractivity contribution in [3.8, 4) is 12.3 Å². The van der Waals surface area contributed by atoms with E-state index in [4.69, 9.17) is 11.2 Å². The van der Waals surface area contributed by atoms with Gasteiger partial charge in [0.15, 0.2) is 0 Å². The Labute approximate surface area is 85.3 Å². The van der Waals surface area contributed by atoms with Gasteiger partial charge in [0.2, 0.25) is 0 Å². The Morgan fingerprint density at radius 1 is 1.25 bits per heavy atom. The number of ether oxygens (including phenoxy) is 1. The molecule has 1 rings (SSSR count). The fraction of sp³-hybridized carbons (Fsp3) is 0.200. The van der Waals surface area contributed by atoms with Gasteiger partial charge in [0.25, 0.3) is 0 Å².